The smallest absolute Gasteiger partial charge is 0.267 e. The molecule has 0 bridgehead atoms. The molecule has 1 aliphatic carbocycles. The Labute approximate surface area is 173 Å². The Morgan fingerprint density at radius 2 is 1.34 bits per heavy atom. The van der Waals surface area contributed by atoms with Crippen molar-refractivity contribution in [2.45, 2.75) is 71.1 Å². The highest BCUT2D eigenvalue weighted by atomic mass is 16.5. The number of fused-ring (bicyclic) bond motifs is 2. The number of Topliss-reactive ketones (excluding diaryl/α,β-unsaturated/α-hetero) is 2. The fraction of sp³-hybridized carbons (Fsp3) is 0.462. The lowest BCUT2D eigenvalue weighted by Gasteiger charge is -2.12. The summed E-state index contributed by atoms with van der Waals surface area (Å²) in [6.07, 6.45) is 13.9. The van der Waals surface area contributed by atoms with Gasteiger partial charge in [-0.1, -0.05) is 89.0 Å². The molecule has 2 aromatic carbocycles. The maximum absolute atomic E-state index is 12.4. The van der Waals surface area contributed by atoms with Crippen LogP contribution in [0.2, 0.25) is 0 Å². The molecule has 3 heteroatoms. The van der Waals surface area contributed by atoms with E-state index >= 15 is 0 Å². The third-order valence-electron chi connectivity index (χ3n) is 5.62. The summed E-state index contributed by atoms with van der Waals surface area (Å²) in [7, 11) is 0. The molecule has 0 saturated carbocycles. The summed E-state index contributed by atoms with van der Waals surface area (Å²) < 4.78 is 5.84. The van der Waals surface area contributed by atoms with E-state index in [1.54, 1.807) is 0 Å². The molecule has 0 heterocycles. The molecule has 3 nitrogen and oxygen atoms in total. The summed E-state index contributed by atoms with van der Waals surface area (Å²) in [4.78, 5) is 24.5. The maximum Gasteiger partial charge on any atom is 0.267 e. The van der Waals surface area contributed by atoms with Gasteiger partial charge < -0.3 is 4.74 Å². The lowest BCUT2D eigenvalue weighted by Crippen LogP contribution is -2.38. The highest BCUT2D eigenvalue weighted by molar-refractivity contribution is 6.59. The van der Waals surface area contributed by atoms with E-state index < -0.39 is 11.6 Å². The van der Waals surface area contributed by atoms with Crippen molar-refractivity contribution in [3.8, 4) is 0 Å². The van der Waals surface area contributed by atoms with Gasteiger partial charge in [0.2, 0.25) is 5.78 Å². The molecule has 0 fully saturated rings. The molecule has 0 aromatic heterocycles. The van der Waals surface area contributed by atoms with Gasteiger partial charge in [0.1, 0.15) is 0 Å². The zero-order valence-corrected chi connectivity index (χ0v) is 17.5. The second kappa shape index (κ2) is 10.9. The number of ketones is 2. The van der Waals surface area contributed by atoms with Crippen molar-refractivity contribution in [3.63, 3.8) is 0 Å². The van der Waals surface area contributed by atoms with Gasteiger partial charge in [-0.15, -0.1) is 0 Å². The van der Waals surface area contributed by atoms with Crippen LogP contribution in [0.5, 0.6) is 0 Å². The summed E-state index contributed by atoms with van der Waals surface area (Å²) >= 11 is 0. The summed E-state index contributed by atoms with van der Waals surface area (Å²) in [6, 6.07) is 11.9. The minimum absolute atomic E-state index is 0.217. The number of rotatable bonds is 12. The third-order valence-corrected chi connectivity index (χ3v) is 5.62. The van der Waals surface area contributed by atoms with E-state index in [9.17, 15) is 9.59 Å². The molecule has 0 spiro atoms. The first-order valence-corrected chi connectivity index (χ1v) is 11.2. The predicted octanol–water partition coefficient (Wildman–Crippen LogP) is 4.82. The Morgan fingerprint density at radius 1 is 0.759 bits per heavy atom. The van der Waals surface area contributed by atoms with Crippen molar-refractivity contribution in [1.29, 1.82) is 0 Å². The second-order valence-corrected chi connectivity index (χ2v) is 7.98. The van der Waals surface area contributed by atoms with E-state index in [4.69, 9.17) is 4.74 Å². The third kappa shape index (κ3) is 5.79. The number of unbranched alkanes of at least 4 members (excludes halogenated alkanes) is 9. The van der Waals surface area contributed by atoms with Crippen LogP contribution in [0, 0.1) is 0 Å². The molecule has 0 saturated heterocycles. The zero-order chi connectivity index (χ0) is 20.5. The molecule has 29 heavy (non-hydrogen) atoms. The monoisotopic (exact) mass is 392 g/mol. The number of ether oxygens (including phenoxy) is 1. The van der Waals surface area contributed by atoms with Crippen molar-refractivity contribution < 1.29 is 14.3 Å². The predicted molar refractivity (Wildman–Crippen MR) is 119 cm³/mol. The van der Waals surface area contributed by atoms with E-state index in [0.717, 1.165) is 34.1 Å². The lowest BCUT2D eigenvalue weighted by molar-refractivity contribution is -0.131. The van der Waals surface area contributed by atoms with E-state index in [1.807, 2.05) is 36.4 Å². The Kier molecular flexibility index (Phi) is 8.03. The summed E-state index contributed by atoms with van der Waals surface area (Å²) in [5.41, 5.74) is 0. The van der Waals surface area contributed by atoms with Gasteiger partial charge in [-0.2, -0.15) is 0 Å². The molecule has 0 amide bonds. The fourth-order valence-electron chi connectivity index (χ4n) is 3.92. The van der Waals surface area contributed by atoms with Crippen LogP contribution >= 0.6 is 0 Å². The fourth-order valence-corrected chi connectivity index (χ4v) is 3.92. The molecule has 0 N–H and O–H groups in total. The van der Waals surface area contributed by atoms with Crippen LogP contribution in [0.1, 0.15) is 71.1 Å². The van der Waals surface area contributed by atoms with E-state index in [0.29, 0.717) is 6.61 Å². The van der Waals surface area contributed by atoms with Crippen molar-refractivity contribution in [2.75, 3.05) is 6.61 Å². The van der Waals surface area contributed by atoms with Gasteiger partial charge in [0.25, 0.3) is 5.78 Å². The Hall–Kier alpha value is -2.42. The molecule has 0 aliphatic heterocycles. The SMILES string of the molecule is CCCCCCCCCCCCOC1=c2cc3ccccc3cc2=CC(=O)C1=O. The molecule has 154 valence electrons. The standard InChI is InChI=1S/C26H32O3/c1-2-3-4-5-6-7-8-9-10-13-16-29-26-23-18-21-15-12-11-14-20(21)17-22(23)19-24(27)25(26)28/h11-12,14-15,17-19H,2-10,13,16H2,1H3. The molecule has 0 radical (unpaired) electrons. The maximum atomic E-state index is 12.4. The Morgan fingerprint density at radius 3 is 2.00 bits per heavy atom. The minimum atomic E-state index is -0.528. The Balaban J connectivity index is 1.53. The van der Waals surface area contributed by atoms with E-state index in [-0.39, 0.29) is 5.76 Å². The molecular weight excluding hydrogens is 360 g/mol. The van der Waals surface area contributed by atoms with Crippen LogP contribution < -0.4 is 10.4 Å². The molecule has 2 aromatic rings. The zero-order valence-electron chi connectivity index (χ0n) is 17.5. The van der Waals surface area contributed by atoms with Crippen molar-refractivity contribution >= 4 is 34.2 Å². The number of benzene rings is 2. The van der Waals surface area contributed by atoms with Gasteiger partial charge in [-0.3, -0.25) is 9.59 Å². The van der Waals surface area contributed by atoms with Crippen LogP contribution in [-0.2, 0) is 14.3 Å². The van der Waals surface area contributed by atoms with Crippen LogP contribution in [0.3, 0.4) is 0 Å². The van der Waals surface area contributed by atoms with E-state index in [1.165, 1.54) is 57.4 Å². The van der Waals surface area contributed by atoms with Gasteiger partial charge in [0.15, 0.2) is 5.76 Å². The van der Waals surface area contributed by atoms with Crippen LogP contribution in [-0.4, -0.2) is 18.2 Å². The van der Waals surface area contributed by atoms with Gasteiger partial charge in [0, 0.05) is 5.22 Å². The van der Waals surface area contributed by atoms with Gasteiger partial charge in [-0.25, -0.2) is 0 Å². The van der Waals surface area contributed by atoms with Gasteiger partial charge >= 0.3 is 0 Å². The Bertz CT molecular complexity index is 971. The second-order valence-electron chi connectivity index (χ2n) is 7.98. The van der Waals surface area contributed by atoms with Gasteiger partial charge in [-0.05, 0) is 40.6 Å². The van der Waals surface area contributed by atoms with Crippen LogP contribution in [0.4, 0.5) is 0 Å². The molecular formula is C26H32O3. The topological polar surface area (TPSA) is 43.4 Å². The van der Waals surface area contributed by atoms with Crippen molar-refractivity contribution in [3.05, 3.63) is 46.8 Å². The average molecular weight is 393 g/mol. The van der Waals surface area contributed by atoms with Crippen LogP contribution in [0.15, 0.2) is 36.4 Å². The highest BCUT2D eigenvalue weighted by Crippen LogP contribution is 2.13. The molecule has 0 unspecified atom stereocenters. The number of hydrogen-bond donors (Lipinski definition) is 0. The number of carbonyl (C=O) groups excluding carboxylic acids is 2. The average Bonchev–Trinajstić information content (AvgIpc) is 2.73. The number of hydrogen-bond acceptors (Lipinski definition) is 3. The molecule has 0 atom stereocenters. The van der Waals surface area contributed by atoms with Crippen LogP contribution in [0.25, 0.3) is 22.6 Å². The van der Waals surface area contributed by atoms with Crippen molar-refractivity contribution in [1.82, 2.24) is 0 Å². The molecule has 1 aliphatic rings. The quantitative estimate of drug-likeness (QED) is 0.384. The van der Waals surface area contributed by atoms with Crippen molar-refractivity contribution in [2.24, 2.45) is 0 Å². The summed E-state index contributed by atoms with van der Waals surface area (Å²) in [6.45, 7) is 2.73. The number of carbonyl (C=O) groups is 2. The first-order valence-electron chi connectivity index (χ1n) is 11.2. The normalized spacial score (nSPS) is 13.5. The summed E-state index contributed by atoms with van der Waals surface area (Å²) in [5.74, 6) is -0.806. The largest absolute Gasteiger partial charge is 0.489 e. The van der Waals surface area contributed by atoms with E-state index in [2.05, 4.69) is 6.92 Å². The highest BCUT2D eigenvalue weighted by Gasteiger charge is 2.23. The first kappa shape index (κ1) is 21.3. The lowest BCUT2D eigenvalue weighted by atomic mass is 10.00. The van der Waals surface area contributed by atoms with Gasteiger partial charge in [0.05, 0.1) is 6.61 Å². The minimum Gasteiger partial charge on any atom is -0.489 e. The molecule has 3 rings (SSSR count). The summed E-state index contributed by atoms with van der Waals surface area (Å²) in [5, 5.41) is 3.60. The first-order chi connectivity index (χ1) is 14.2.